The molecule has 2 nitrogen and oxygen atoms in total. The van der Waals surface area contributed by atoms with Gasteiger partial charge in [-0.1, -0.05) is 19.1 Å². The average molecular weight is 235 g/mol. The van der Waals surface area contributed by atoms with E-state index in [1.807, 2.05) is 31.2 Å². The fourth-order valence-electron chi connectivity index (χ4n) is 0.900. The van der Waals surface area contributed by atoms with Gasteiger partial charge in [0.25, 0.3) is 0 Å². The highest BCUT2D eigenvalue weighted by molar-refractivity contribution is 7.26. The molecule has 4 heteroatoms. The molecule has 0 aliphatic carbocycles. The number of rotatable bonds is 5. The summed E-state index contributed by atoms with van der Waals surface area (Å²) in [6, 6.07) is 7.97. The summed E-state index contributed by atoms with van der Waals surface area (Å²) in [5.41, 5.74) is 1.21. The second-order valence-corrected chi connectivity index (χ2v) is 3.51. The maximum absolute atomic E-state index is 5.39. The molecule has 1 aromatic rings. The summed E-state index contributed by atoms with van der Waals surface area (Å²) >= 11 is 0. The Kier molecular flexibility index (Phi) is 7.87. The monoisotopic (exact) mass is 234 g/mol. The Morgan fingerprint density at radius 3 is 2.79 bits per heavy atom. The van der Waals surface area contributed by atoms with Gasteiger partial charge in [-0.3, -0.25) is 0 Å². The van der Waals surface area contributed by atoms with Gasteiger partial charge in [-0.15, -0.1) is 12.4 Å². The lowest BCUT2D eigenvalue weighted by Gasteiger charge is -2.05. The molecule has 0 heterocycles. The summed E-state index contributed by atoms with van der Waals surface area (Å²) in [7, 11) is 0.113. The molecule has 0 aliphatic rings. The Labute approximate surface area is 93.4 Å². The standard InChI is InChI=1S/C10H15O2P.ClH/c1-3-7-11-13-12-10-6-4-5-9(2)8-10;/h4-6,8,13H,3,7H2,1-2H3;1H. The molecule has 1 atom stereocenters. The number of hydrogen-bond donors (Lipinski definition) is 0. The van der Waals surface area contributed by atoms with E-state index in [9.17, 15) is 0 Å². The van der Waals surface area contributed by atoms with Gasteiger partial charge in [-0.25, -0.2) is 0 Å². The van der Waals surface area contributed by atoms with E-state index in [0.717, 1.165) is 18.8 Å². The first-order chi connectivity index (χ1) is 6.33. The highest BCUT2D eigenvalue weighted by Crippen LogP contribution is 2.22. The first-order valence-corrected chi connectivity index (χ1v) is 5.25. The summed E-state index contributed by atoms with van der Waals surface area (Å²) in [6.07, 6.45) is 1.03. The third-order valence-corrected chi connectivity index (χ3v) is 2.16. The van der Waals surface area contributed by atoms with Gasteiger partial charge in [0, 0.05) is 0 Å². The number of benzene rings is 1. The minimum atomic E-state index is 0. The highest BCUT2D eigenvalue weighted by atomic mass is 35.5. The predicted octanol–water partition coefficient (Wildman–Crippen LogP) is 3.73. The van der Waals surface area contributed by atoms with Crippen molar-refractivity contribution in [3.8, 4) is 5.75 Å². The van der Waals surface area contributed by atoms with Crippen LogP contribution in [0.2, 0.25) is 0 Å². The maximum atomic E-state index is 5.39. The Bertz CT molecular complexity index is 256. The molecule has 0 aliphatic heterocycles. The van der Waals surface area contributed by atoms with E-state index in [0.29, 0.717) is 0 Å². The second-order valence-electron chi connectivity index (χ2n) is 2.85. The van der Waals surface area contributed by atoms with Gasteiger partial charge in [-0.05, 0) is 31.0 Å². The number of halogens is 1. The molecule has 1 aromatic carbocycles. The molecular formula is C10H16ClO2P. The van der Waals surface area contributed by atoms with E-state index in [1.165, 1.54) is 5.56 Å². The zero-order valence-corrected chi connectivity index (χ0v) is 10.3. The first kappa shape index (κ1) is 13.7. The maximum Gasteiger partial charge on any atom is 0.215 e. The Balaban J connectivity index is 0.00000169. The highest BCUT2D eigenvalue weighted by Gasteiger charge is 1.93. The van der Waals surface area contributed by atoms with Crippen LogP contribution in [-0.4, -0.2) is 6.61 Å². The van der Waals surface area contributed by atoms with Gasteiger partial charge in [0.05, 0.1) is 6.61 Å². The lowest BCUT2D eigenvalue weighted by molar-refractivity contribution is 0.329. The normalized spacial score (nSPS) is 10.1. The molecule has 0 spiro atoms. The number of aryl methyl sites for hydroxylation is 1. The van der Waals surface area contributed by atoms with Crippen LogP contribution >= 0.6 is 21.4 Å². The van der Waals surface area contributed by atoms with Gasteiger partial charge in [0.15, 0.2) is 0 Å². The quantitative estimate of drug-likeness (QED) is 0.571. The molecule has 0 saturated carbocycles. The van der Waals surface area contributed by atoms with E-state index in [1.54, 1.807) is 0 Å². The van der Waals surface area contributed by atoms with Gasteiger partial charge in [0.1, 0.15) is 5.75 Å². The molecule has 0 fully saturated rings. The molecule has 0 aromatic heterocycles. The van der Waals surface area contributed by atoms with Crippen molar-refractivity contribution in [3.63, 3.8) is 0 Å². The van der Waals surface area contributed by atoms with E-state index >= 15 is 0 Å². The number of hydrogen-bond acceptors (Lipinski definition) is 2. The molecule has 0 N–H and O–H groups in total. The van der Waals surface area contributed by atoms with Crippen molar-refractivity contribution in [2.45, 2.75) is 20.3 Å². The summed E-state index contributed by atoms with van der Waals surface area (Å²) in [5, 5.41) is 0. The minimum Gasteiger partial charge on any atom is -0.450 e. The summed E-state index contributed by atoms with van der Waals surface area (Å²) in [4.78, 5) is 0. The zero-order chi connectivity index (χ0) is 9.52. The smallest absolute Gasteiger partial charge is 0.215 e. The van der Waals surface area contributed by atoms with Gasteiger partial charge in [-0.2, -0.15) is 0 Å². The van der Waals surface area contributed by atoms with Crippen LogP contribution in [0.3, 0.4) is 0 Å². The van der Waals surface area contributed by atoms with Crippen LogP contribution in [0.1, 0.15) is 18.9 Å². The molecule has 0 bridgehead atoms. The third kappa shape index (κ3) is 5.43. The van der Waals surface area contributed by atoms with E-state index < -0.39 is 0 Å². The largest absolute Gasteiger partial charge is 0.450 e. The topological polar surface area (TPSA) is 18.5 Å². The summed E-state index contributed by atoms with van der Waals surface area (Å²) in [5.74, 6) is 0.884. The summed E-state index contributed by atoms with van der Waals surface area (Å²) in [6.45, 7) is 4.89. The van der Waals surface area contributed by atoms with E-state index in [2.05, 4.69) is 6.92 Å². The molecule has 0 saturated heterocycles. The second kappa shape index (κ2) is 8.05. The van der Waals surface area contributed by atoms with Crippen LogP contribution in [0.4, 0.5) is 0 Å². The Morgan fingerprint density at radius 2 is 2.14 bits per heavy atom. The predicted molar refractivity (Wildman–Crippen MR) is 63.6 cm³/mol. The van der Waals surface area contributed by atoms with Crippen molar-refractivity contribution in [2.75, 3.05) is 6.61 Å². The van der Waals surface area contributed by atoms with Gasteiger partial charge >= 0.3 is 0 Å². The molecule has 80 valence electrons. The fraction of sp³-hybridized carbons (Fsp3) is 0.400. The molecular weight excluding hydrogens is 219 g/mol. The lowest BCUT2D eigenvalue weighted by Crippen LogP contribution is -1.85. The molecule has 1 rings (SSSR count). The van der Waals surface area contributed by atoms with Crippen LogP contribution in [0.5, 0.6) is 5.75 Å². The van der Waals surface area contributed by atoms with Crippen molar-refractivity contribution in [3.05, 3.63) is 29.8 Å². The van der Waals surface area contributed by atoms with Crippen molar-refractivity contribution in [2.24, 2.45) is 0 Å². The van der Waals surface area contributed by atoms with Gasteiger partial charge in [0.2, 0.25) is 9.03 Å². The molecule has 0 amide bonds. The van der Waals surface area contributed by atoms with Crippen molar-refractivity contribution < 1.29 is 9.05 Å². The van der Waals surface area contributed by atoms with Crippen LogP contribution in [0, 0.1) is 6.92 Å². The first-order valence-electron chi connectivity index (χ1n) is 4.43. The van der Waals surface area contributed by atoms with E-state index in [4.69, 9.17) is 9.05 Å². The SMILES string of the molecule is CCCOPOc1cccc(C)c1.Cl. The van der Waals surface area contributed by atoms with Crippen LogP contribution in [0.25, 0.3) is 0 Å². The van der Waals surface area contributed by atoms with Gasteiger partial charge < -0.3 is 9.05 Å². The van der Waals surface area contributed by atoms with Crippen molar-refractivity contribution >= 4 is 21.4 Å². The minimum absolute atomic E-state index is 0. The average Bonchev–Trinajstić information content (AvgIpc) is 2.13. The fourth-order valence-corrected chi connectivity index (χ4v) is 1.47. The van der Waals surface area contributed by atoms with Crippen LogP contribution in [-0.2, 0) is 4.52 Å². The zero-order valence-electron chi connectivity index (χ0n) is 8.45. The van der Waals surface area contributed by atoms with Crippen molar-refractivity contribution in [1.29, 1.82) is 0 Å². The molecule has 0 radical (unpaired) electrons. The lowest BCUT2D eigenvalue weighted by atomic mass is 10.2. The summed E-state index contributed by atoms with van der Waals surface area (Å²) < 4.78 is 10.6. The Morgan fingerprint density at radius 1 is 1.36 bits per heavy atom. The van der Waals surface area contributed by atoms with E-state index in [-0.39, 0.29) is 21.4 Å². The van der Waals surface area contributed by atoms with Crippen LogP contribution < -0.4 is 4.52 Å². The van der Waals surface area contributed by atoms with Crippen LogP contribution in [0.15, 0.2) is 24.3 Å². The Hall–Kier alpha value is -0.300. The van der Waals surface area contributed by atoms with Crippen molar-refractivity contribution in [1.82, 2.24) is 0 Å². The third-order valence-electron chi connectivity index (χ3n) is 1.51. The molecule has 1 unspecified atom stereocenters. The molecule has 14 heavy (non-hydrogen) atoms.